The summed E-state index contributed by atoms with van der Waals surface area (Å²) in [4.78, 5) is 5.55. The second-order valence-corrected chi connectivity index (χ2v) is 10.9. The van der Waals surface area contributed by atoms with Gasteiger partial charge in [0.05, 0.1) is 12.7 Å². The highest BCUT2D eigenvalue weighted by atomic mass is 31.2. The van der Waals surface area contributed by atoms with E-state index >= 15 is 0 Å². The Morgan fingerprint density at radius 2 is 2.04 bits per heavy atom. The Morgan fingerprint density at radius 3 is 2.61 bits per heavy atom. The Kier molecular flexibility index (Phi) is 5.38. The molecule has 1 fully saturated rings. The lowest BCUT2D eigenvalue weighted by Crippen LogP contribution is -2.43. The molecule has 0 spiro atoms. The molecule has 2 unspecified atom stereocenters. The number of amidine groups is 1. The number of aliphatic imine (C=N–C) groups is 1. The van der Waals surface area contributed by atoms with Crippen LogP contribution in [0.1, 0.15) is 6.42 Å². The van der Waals surface area contributed by atoms with Crippen LogP contribution in [0.2, 0.25) is 0 Å². The lowest BCUT2D eigenvalue weighted by molar-refractivity contribution is -0.0582. The molecule has 0 aromatic heterocycles. The Hall–Kier alpha value is -1.11. The van der Waals surface area contributed by atoms with Crippen molar-refractivity contribution in [1.82, 2.24) is 4.90 Å². The Bertz CT molecular complexity index is 583. The molecule has 0 saturated carbocycles. The molecule has 0 aliphatic carbocycles. The summed E-state index contributed by atoms with van der Waals surface area (Å²) in [5.74, 6) is 0.475. The monoisotopic (exact) mass is 343 g/mol. The predicted molar refractivity (Wildman–Crippen MR) is 93.8 cm³/mol. The molecule has 2 aliphatic heterocycles. The first kappa shape index (κ1) is 18.2. The van der Waals surface area contributed by atoms with Gasteiger partial charge in [-0.15, -0.1) is 13.2 Å². The quantitative estimate of drug-likeness (QED) is 0.503. The Labute approximate surface area is 136 Å². The number of nitrogens with zero attached hydrogens (tertiary/aromatic N) is 2. The number of aliphatic hydroxyl groups is 3. The minimum atomic E-state index is -1.24. The number of nitrogens with two attached hydrogens (primary N) is 1. The van der Waals surface area contributed by atoms with Crippen molar-refractivity contribution in [2.75, 3.05) is 26.1 Å². The molecule has 8 heteroatoms. The van der Waals surface area contributed by atoms with Gasteiger partial charge in [0.25, 0.3) is 0 Å². The summed E-state index contributed by atoms with van der Waals surface area (Å²) in [6.45, 7) is 6.49. The van der Waals surface area contributed by atoms with Crippen LogP contribution in [0.3, 0.4) is 0 Å². The number of rotatable bonds is 5. The van der Waals surface area contributed by atoms with Crippen molar-refractivity contribution < 1.29 is 20.1 Å². The van der Waals surface area contributed by atoms with Crippen LogP contribution in [-0.2, 0) is 4.74 Å². The zero-order valence-electron chi connectivity index (χ0n) is 13.6. The van der Waals surface area contributed by atoms with E-state index < -0.39 is 31.4 Å². The molecule has 1 saturated heterocycles. The first-order valence-electron chi connectivity index (χ1n) is 7.46. The fourth-order valence-corrected chi connectivity index (χ4v) is 3.55. The fraction of sp³-hybridized carbons (Fsp3) is 0.600. The van der Waals surface area contributed by atoms with Crippen molar-refractivity contribution in [3.8, 4) is 0 Å². The van der Waals surface area contributed by atoms with E-state index in [2.05, 4.69) is 31.2 Å². The van der Waals surface area contributed by atoms with Gasteiger partial charge in [0, 0.05) is 11.8 Å². The Morgan fingerprint density at radius 1 is 1.39 bits per heavy atom. The number of hydrogen-bond donors (Lipinski definition) is 4. The zero-order valence-corrected chi connectivity index (χ0v) is 14.5. The van der Waals surface area contributed by atoms with E-state index in [1.807, 2.05) is 0 Å². The van der Waals surface area contributed by atoms with E-state index in [1.54, 1.807) is 6.20 Å². The Balaban J connectivity index is 2.13. The van der Waals surface area contributed by atoms with Crippen molar-refractivity contribution in [2.45, 2.75) is 31.0 Å². The minimum absolute atomic E-state index is 0.182. The highest BCUT2D eigenvalue weighted by molar-refractivity contribution is 7.72. The molecule has 0 amide bonds. The van der Waals surface area contributed by atoms with Crippen LogP contribution in [0, 0.1) is 0 Å². The largest absolute Gasteiger partial charge is 0.391 e. The second kappa shape index (κ2) is 6.79. The molecule has 130 valence electrons. The predicted octanol–water partition coefficient (Wildman–Crippen LogP) is -0.447. The molecule has 2 rings (SSSR count). The minimum Gasteiger partial charge on any atom is -0.391 e. The highest BCUT2D eigenvalue weighted by Crippen LogP contribution is 2.38. The lowest BCUT2D eigenvalue weighted by Gasteiger charge is -2.32. The fourth-order valence-electron chi connectivity index (χ4n) is 2.59. The first-order chi connectivity index (χ1) is 10.6. The normalized spacial score (nSPS) is 32.0. The van der Waals surface area contributed by atoms with E-state index in [0.29, 0.717) is 17.8 Å². The highest BCUT2D eigenvalue weighted by Gasteiger charge is 2.45. The van der Waals surface area contributed by atoms with Gasteiger partial charge >= 0.3 is 0 Å². The maximum Gasteiger partial charge on any atom is 0.164 e. The summed E-state index contributed by atoms with van der Waals surface area (Å²) < 4.78 is 5.84. The van der Waals surface area contributed by atoms with E-state index in [-0.39, 0.29) is 12.4 Å². The van der Waals surface area contributed by atoms with Gasteiger partial charge in [-0.1, -0.05) is 6.58 Å². The van der Waals surface area contributed by atoms with Gasteiger partial charge in [-0.25, -0.2) is 4.99 Å². The molecule has 0 aromatic carbocycles. The van der Waals surface area contributed by atoms with Crippen molar-refractivity contribution in [2.24, 2.45) is 10.7 Å². The van der Waals surface area contributed by atoms with Crippen molar-refractivity contribution in [1.29, 1.82) is 0 Å². The molecule has 7 nitrogen and oxygen atoms in total. The SMILES string of the molecule is C=C1N=C(N)C(CO)=CN1C1OC(CCP(=C)(C)C)[C@@H](O)[C@H]1O. The van der Waals surface area contributed by atoms with E-state index in [1.165, 1.54) is 4.90 Å². The van der Waals surface area contributed by atoms with Crippen molar-refractivity contribution in [3.05, 3.63) is 24.2 Å². The van der Waals surface area contributed by atoms with E-state index in [9.17, 15) is 15.3 Å². The van der Waals surface area contributed by atoms with Gasteiger partial charge < -0.3 is 30.7 Å². The van der Waals surface area contributed by atoms with E-state index in [0.717, 1.165) is 6.16 Å². The molecular formula is C15H26N3O4P. The average Bonchev–Trinajstić information content (AvgIpc) is 2.73. The molecule has 23 heavy (non-hydrogen) atoms. The lowest BCUT2D eigenvalue weighted by atomic mass is 10.1. The third-order valence-corrected chi connectivity index (χ3v) is 5.44. The molecule has 0 bridgehead atoms. The van der Waals surface area contributed by atoms with Gasteiger partial charge in [0.15, 0.2) is 6.23 Å². The number of ether oxygens (including phenoxy) is 1. The molecular weight excluding hydrogens is 317 g/mol. The number of hydrogen-bond acceptors (Lipinski definition) is 7. The molecule has 0 aromatic rings. The van der Waals surface area contributed by atoms with Gasteiger partial charge in [0.2, 0.25) is 0 Å². The smallest absolute Gasteiger partial charge is 0.164 e. The van der Waals surface area contributed by atoms with Crippen molar-refractivity contribution >= 4 is 19.0 Å². The summed E-state index contributed by atoms with van der Waals surface area (Å²) in [6, 6.07) is 0. The van der Waals surface area contributed by atoms with Crippen LogP contribution in [0.5, 0.6) is 0 Å². The van der Waals surface area contributed by atoms with Gasteiger partial charge in [-0.3, -0.25) is 0 Å². The first-order valence-corrected chi connectivity index (χ1v) is 10.5. The third kappa shape index (κ3) is 4.05. The molecule has 5 N–H and O–H groups in total. The standard InChI is InChI=1S/C15H26N3O4P/c1-9-17-14(16)10(8-19)7-18(9)15-13(21)12(20)11(22-15)5-6-23(2,3)4/h7,11-13,15,19-21H,1-2,5-6,8H2,3-4H3,(H2,16,17)/t11?,12-,13-,15?/m1/s1. The van der Waals surface area contributed by atoms with Gasteiger partial charge in [-0.05, 0) is 25.9 Å². The topological polar surface area (TPSA) is 112 Å². The summed E-state index contributed by atoms with van der Waals surface area (Å²) in [5.41, 5.74) is 6.12. The second-order valence-electron chi connectivity index (χ2n) is 6.63. The molecule has 0 radical (unpaired) electrons. The maximum absolute atomic E-state index is 10.3. The summed E-state index contributed by atoms with van der Waals surface area (Å²) in [7, 11) is 0. The summed E-state index contributed by atoms with van der Waals surface area (Å²) >= 11 is 0. The van der Waals surface area contributed by atoms with Crippen LogP contribution in [0.25, 0.3) is 0 Å². The third-order valence-electron chi connectivity index (χ3n) is 3.97. The molecule has 2 aliphatic rings. The zero-order chi connectivity index (χ0) is 17.4. The maximum atomic E-state index is 10.3. The van der Waals surface area contributed by atoms with Crippen LogP contribution in [0.15, 0.2) is 29.2 Å². The summed E-state index contributed by atoms with van der Waals surface area (Å²) in [5, 5.41) is 29.9. The van der Waals surface area contributed by atoms with Gasteiger partial charge in [-0.2, -0.15) is 0 Å². The van der Waals surface area contributed by atoms with Crippen LogP contribution in [-0.4, -0.2) is 83.0 Å². The van der Waals surface area contributed by atoms with Crippen LogP contribution in [0.4, 0.5) is 0 Å². The summed E-state index contributed by atoms with van der Waals surface area (Å²) in [6.07, 6.45) is 3.79. The number of aliphatic hydroxyl groups excluding tert-OH is 3. The molecule has 2 heterocycles. The average molecular weight is 343 g/mol. The van der Waals surface area contributed by atoms with Crippen LogP contribution < -0.4 is 5.73 Å². The van der Waals surface area contributed by atoms with Crippen molar-refractivity contribution in [3.63, 3.8) is 0 Å². The van der Waals surface area contributed by atoms with E-state index in [4.69, 9.17) is 10.5 Å². The van der Waals surface area contributed by atoms with Gasteiger partial charge in [0.1, 0.15) is 23.9 Å². The van der Waals surface area contributed by atoms with Crippen LogP contribution >= 0.6 is 6.89 Å². The molecule has 4 atom stereocenters.